The molecule has 2 aliphatic rings. The number of carboxylic acid groups (broad SMARTS) is 1. The Hall–Kier alpha value is -1.26. The minimum absolute atomic E-state index is 0.0405. The Morgan fingerprint density at radius 2 is 1.74 bits per heavy atom. The van der Waals surface area contributed by atoms with E-state index in [9.17, 15) is 9.59 Å². The van der Waals surface area contributed by atoms with E-state index in [1.807, 2.05) is 4.90 Å². The summed E-state index contributed by atoms with van der Waals surface area (Å²) in [5.41, 5.74) is 0. The van der Waals surface area contributed by atoms with Gasteiger partial charge in [0.2, 0.25) is 0 Å². The Bertz CT molecular complexity index is 345. The van der Waals surface area contributed by atoms with E-state index in [4.69, 9.17) is 5.11 Å². The van der Waals surface area contributed by atoms with Crippen molar-refractivity contribution in [3.63, 3.8) is 0 Å². The first kappa shape index (κ1) is 14.2. The summed E-state index contributed by atoms with van der Waals surface area (Å²) in [5.74, 6) is -0.835. The van der Waals surface area contributed by atoms with Crippen LogP contribution in [0.15, 0.2) is 0 Å². The number of carbonyl (C=O) groups is 2. The minimum atomic E-state index is -0.835. The van der Waals surface area contributed by atoms with E-state index in [2.05, 4.69) is 13.8 Å². The van der Waals surface area contributed by atoms with Gasteiger partial charge in [-0.15, -0.1) is 0 Å². The van der Waals surface area contributed by atoms with Crippen LogP contribution in [-0.4, -0.2) is 51.6 Å². The second kappa shape index (κ2) is 5.80. The number of hydrogen-bond acceptors (Lipinski definition) is 2. The van der Waals surface area contributed by atoms with Gasteiger partial charge in [-0.1, -0.05) is 0 Å². The van der Waals surface area contributed by atoms with Crippen molar-refractivity contribution in [2.75, 3.05) is 6.54 Å². The van der Waals surface area contributed by atoms with E-state index < -0.39 is 5.97 Å². The molecule has 1 N–H and O–H groups in total. The van der Waals surface area contributed by atoms with E-state index in [1.165, 1.54) is 6.42 Å². The molecule has 1 saturated heterocycles. The van der Waals surface area contributed by atoms with Gasteiger partial charge in [-0.05, 0) is 46.0 Å². The van der Waals surface area contributed by atoms with Gasteiger partial charge in [0.05, 0.1) is 6.42 Å². The molecule has 19 heavy (non-hydrogen) atoms. The highest BCUT2D eigenvalue weighted by Gasteiger charge is 2.38. The van der Waals surface area contributed by atoms with Crippen molar-refractivity contribution in [3.05, 3.63) is 0 Å². The van der Waals surface area contributed by atoms with Gasteiger partial charge in [-0.25, -0.2) is 4.79 Å². The molecule has 0 bridgehead atoms. The lowest BCUT2D eigenvalue weighted by Gasteiger charge is -2.42. The molecule has 1 aliphatic heterocycles. The summed E-state index contributed by atoms with van der Waals surface area (Å²) in [5, 5.41) is 8.81. The molecule has 0 radical (unpaired) electrons. The number of urea groups is 1. The van der Waals surface area contributed by atoms with Gasteiger partial charge in [0.15, 0.2) is 0 Å². The molecule has 1 heterocycles. The van der Waals surface area contributed by atoms with Gasteiger partial charge in [0, 0.05) is 24.7 Å². The highest BCUT2D eigenvalue weighted by Crippen LogP contribution is 2.31. The normalized spacial score (nSPS) is 27.2. The van der Waals surface area contributed by atoms with Crippen LogP contribution in [0, 0.1) is 0 Å². The average molecular weight is 268 g/mol. The first-order chi connectivity index (χ1) is 9.00. The fraction of sp³-hybridized carbons (Fsp3) is 0.857. The molecule has 0 spiro atoms. The molecule has 5 heteroatoms. The number of likely N-dealkylation sites (tertiary alicyclic amines) is 1. The van der Waals surface area contributed by atoms with Crippen molar-refractivity contribution in [3.8, 4) is 0 Å². The van der Waals surface area contributed by atoms with Crippen molar-refractivity contribution in [1.29, 1.82) is 0 Å². The molecule has 5 nitrogen and oxygen atoms in total. The lowest BCUT2D eigenvalue weighted by atomic mass is 9.98. The number of aliphatic carboxylic acids is 1. The molecule has 108 valence electrons. The zero-order valence-corrected chi connectivity index (χ0v) is 11.8. The molecule has 1 saturated carbocycles. The zero-order valence-electron chi connectivity index (χ0n) is 11.8. The van der Waals surface area contributed by atoms with Crippen molar-refractivity contribution >= 4 is 12.0 Å². The van der Waals surface area contributed by atoms with Crippen LogP contribution in [0.1, 0.15) is 52.4 Å². The molecular weight excluding hydrogens is 244 g/mol. The molecule has 0 aromatic carbocycles. The number of hydrogen-bond donors (Lipinski definition) is 1. The summed E-state index contributed by atoms with van der Waals surface area (Å²) >= 11 is 0. The summed E-state index contributed by atoms with van der Waals surface area (Å²) < 4.78 is 0. The van der Waals surface area contributed by atoms with E-state index in [1.54, 1.807) is 4.90 Å². The fourth-order valence-electron chi connectivity index (χ4n) is 2.98. The highest BCUT2D eigenvalue weighted by atomic mass is 16.4. The van der Waals surface area contributed by atoms with Crippen LogP contribution in [0.5, 0.6) is 0 Å². The van der Waals surface area contributed by atoms with Crippen molar-refractivity contribution in [2.45, 2.75) is 70.5 Å². The zero-order chi connectivity index (χ0) is 14.0. The Balaban J connectivity index is 2.03. The maximum atomic E-state index is 12.7. The molecule has 2 amide bonds. The Labute approximate surface area is 114 Å². The van der Waals surface area contributed by atoms with Gasteiger partial charge in [-0.3, -0.25) is 4.79 Å². The van der Waals surface area contributed by atoms with Gasteiger partial charge >= 0.3 is 12.0 Å². The van der Waals surface area contributed by atoms with Crippen LogP contribution in [0.25, 0.3) is 0 Å². The number of carboxylic acids is 1. The predicted octanol–water partition coefficient (Wildman–Crippen LogP) is 2.31. The number of carbonyl (C=O) groups excluding carboxylic acids is 1. The summed E-state index contributed by atoms with van der Waals surface area (Å²) in [7, 11) is 0. The smallest absolute Gasteiger partial charge is 0.320 e. The quantitative estimate of drug-likeness (QED) is 0.851. The topological polar surface area (TPSA) is 60.9 Å². The minimum Gasteiger partial charge on any atom is -0.481 e. The van der Waals surface area contributed by atoms with Crippen LogP contribution in [0.4, 0.5) is 4.79 Å². The van der Waals surface area contributed by atoms with Crippen molar-refractivity contribution in [2.24, 2.45) is 0 Å². The summed E-state index contributed by atoms with van der Waals surface area (Å²) in [6, 6.07) is 0.848. The van der Waals surface area contributed by atoms with Crippen LogP contribution in [-0.2, 0) is 4.79 Å². The second-order valence-electron chi connectivity index (χ2n) is 5.89. The molecule has 0 aromatic rings. The Kier molecular flexibility index (Phi) is 4.32. The molecular formula is C14H24N2O3. The van der Waals surface area contributed by atoms with Crippen LogP contribution in [0.3, 0.4) is 0 Å². The van der Waals surface area contributed by atoms with Crippen LogP contribution in [0.2, 0.25) is 0 Å². The third-order valence-electron chi connectivity index (χ3n) is 4.21. The first-order valence-electron chi connectivity index (χ1n) is 7.31. The molecule has 2 rings (SSSR count). The van der Waals surface area contributed by atoms with Crippen LogP contribution >= 0.6 is 0 Å². The largest absolute Gasteiger partial charge is 0.481 e. The first-order valence-corrected chi connectivity index (χ1v) is 7.31. The third-order valence-corrected chi connectivity index (χ3v) is 4.21. The van der Waals surface area contributed by atoms with Gasteiger partial charge in [0.1, 0.15) is 0 Å². The lowest BCUT2D eigenvalue weighted by molar-refractivity contribution is -0.137. The number of nitrogens with zero attached hydrogens (tertiary/aromatic N) is 2. The molecule has 2 unspecified atom stereocenters. The maximum absolute atomic E-state index is 12.7. The second-order valence-corrected chi connectivity index (χ2v) is 5.89. The summed E-state index contributed by atoms with van der Waals surface area (Å²) in [6.45, 7) is 4.53. The summed E-state index contributed by atoms with van der Waals surface area (Å²) in [6.07, 6.45) is 5.34. The highest BCUT2D eigenvalue weighted by molar-refractivity contribution is 5.77. The lowest BCUT2D eigenvalue weighted by Crippen LogP contribution is -2.54. The monoisotopic (exact) mass is 268 g/mol. The van der Waals surface area contributed by atoms with E-state index >= 15 is 0 Å². The SMILES string of the molecule is CC1CCCC(C)N1C(=O)N(CCC(=O)O)C1CC1. The maximum Gasteiger partial charge on any atom is 0.320 e. The standard InChI is InChI=1S/C14H24N2O3/c1-10-4-3-5-11(2)16(10)14(19)15(12-6-7-12)9-8-13(17)18/h10-12H,3-9H2,1-2H3,(H,17,18). The van der Waals surface area contributed by atoms with E-state index in [0.717, 1.165) is 25.7 Å². The van der Waals surface area contributed by atoms with Gasteiger partial charge in [0.25, 0.3) is 0 Å². The Morgan fingerprint density at radius 3 is 2.21 bits per heavy atom. The number of rotatable bonds is 4. The predicted molar refractivity (Wildman–Crippen MR) is 72.0 cm³/mol. The summed E-state index contributed by atoms with van der Waals surface area (Å²) in [4.78, 5) is 27.1. The molecule has 0 aromatic heterocycles. The van der Waals surface area contributed by atoms with Gasteiger partial charge in [-0.2, -0.15) is 0 Å². The molecule has 2 atom stereocenters. The fourth-order valence-corrected chi connectivity index (χ4v) is 2.98. The van der Waals surface area contributed by atoms with Crippen molar-refractivity contribution < 1.29 is 14.7 Å². The Morgan fingerprint density at radius 1 is 1.16 bits per heavy atom. The van der Waals surface area contributed by atoms with Crippen molar-refractivity contribution in [1.82, 2.24) is 9.80 Å². The molecule has 1 aliphatic carbocycles. The average Bonchev–Trinajstić information content (AvgIpc) is 3.13. The van der Waals surface area contributed by atoms with Gasteiger partial charge < -0.3 is 14.9 Å². The number of amides is 2. The number of piperidine rings is 1. The van der Waals surface area contributed by atoms with E-state index in [-0.39, 0.29) is 30.6 Å². The van der Waals surface area contributed by atoms with E-state index in [0.29, 0.717) is 6.54 Å². The molecule has 2 fully saturated rings. The van der Waals surface area contributed by atoms with Crippen LogP contribution < -0.4 is 0 Å². The third kappa shape index (κ3) is 3.39.